The van der Waals surface area contributed by atoms with Crippen molar-refractivity contribution in [2.75, 3.05) is 13.1 Å². The first-order chi connectivity index (χ1) is 8.34. The molecule has 2 heterocycles. The Labute approximate surface area is 103 Å². The van der Waals surface area contributed by atoms with Crippen LogP contribution in [0, 0.1) is 0 Å². The molecule has 1 aromatic rings. The lowest BCUT2D eigenvalue weighted by atomic mass is 10.0. The van der Waals surface area contributed by atoms with E-state index in [9.17, 15) is 0 Å². The van der Waals surface area contributed by atoms with Crippen LogP contribution in [0.3, 0.4) is 0 Å². The van der Waals surface area contributed by atoms with Gasteiger partial charge in [0.1, 0.15) is 0 Å². The van der Waals surface area contributed by atoms with Gasteiger partial charge in [-0.2, -0.15) is 0 Å². The van der Waals surface area contributed by atoms with Crippen molar-refractivity contribution in [1.29, 1.82) is 0 Å². The average molecular weight is 228 g/mol. The number of nitrogens with zero attached hydrogens (tertiary/aromatic N) is 2. The molecule has 2 aliphatic rings. The molecule has 1 unspecified atom stereocenters. The van der Waals surface area contributed by atoms with E-state index in [1.54, 1.807) is 11.1 Å². The van der Waals surface area contributed by atoms with Crippen LogP contribution in [0.15, 0.2) is 35.5 Å². The van der Waals surface area contributed by atoms with Crippen molar-refractivity contribution < 1.29 is 0 Å². The molecule has 2 nitrogen and oxygen atoms in total. The van der Waals surface area contributed by atoms with E-state index in [2.05, 4.69) is 28.9 Å². The monoisotopic (exact) mass is 228 g/mol. The summed E-state index contributed by atoms with van der Waals surface area (Å²) in [4.78, 5) is 7.03. The molecule has 0 amide bonds. The number of hydrogen-bond acceptors (Lipinski definition) is 2. The van der Waals surface area contributed by atoms with Crippen LogP contribution in [-0.4, -0.2) is 23.0 Å². The highest BCUT2D eigenvalue weighted by atomic mass is 15.2. The topological polar surface area (TPSA) is 16.1 Å². The molecule has 0 radical (unpaired) electrons. The molecule has 1 saturated carbocycles. The molecule has 0 N–H and O–H groups in total. The summed E-state index contributed by atoms with van der Waals surface area (Å²) in [6, 6.07) is 6.67. The van der Waals surface area contributed by atoms with Crippen LogP contribution >= 0.6 is 0 Å². The highest BCUT2D eigenvalue weighted by molar-refractivity contribution is 5.26. The Morgan fingerprint density at radius 1 is 1.06 bits per heavy atom. The fourth-order valence-corrected chi connectivity index (χ4v) is 2.76. The van der Waals surface area contributed by atoms with Crippen molar-refractivity contribution in [3.05, 3.63) is 41.2 Å². The van der Waals surface area contributed by atoms with E-state index >= 15 is 0 Å². The van der Waals surface area contributed by atoms with Crippen LogP contribution in [-0.2, 0) is 0 Å². The molecule has 0 bridgehead atoms. The first-order valence-corrected chi connectivity index (χ1v) is 6.69. The Morgan fingerprint density at radius 3 is 2.35 bits per heavy atom. The first kappa shape index (κ1) is 11.0. The van der Waals surface area contributed by atoms with Gasteiger partial charge in [-0.05, 0) is 44.7 Å². The SMILES string of the molecule is CC(c1ccccn1)N1CCC(=C2CC2)CC1. The van der Waals surface area contributed by atoms with Crippen molar-refractivity contribution in [3.8, 4) is 0 Å². The smallest absolute Gasteiger partial charge is 0.0572 e. The summed E-state index contributed by atoms with van der Waals surface area (Å²) in [5.41, 5.74) is 4.72. The maximum Gasteiger partial charge on any atom is 0.0572 e. The second kappa shape index (κ2) is 4.61. The average Bonchev–Trinajstić information content (AvgIpc) is 3.24. The molecule has 17 heavy (non-hydrogen) atoms. The number of rotatable bonds is 2. The summed E-state index contributed by atoms with van der Waals surface area (Å²) in [5.74, 6) is 0. The highest BCUT2D eigenvalue weighted by Gasteiger charge is 2.25. The van der Waals surface area contributed by atoms with Crippen LogP contribution < -0.4 is 0 Å². The summed E-state index contributed by atoms with van der Waals surface area (Å²) in [6.45, 7) is 4.69. The minimum atomic E-state index is 0.460. The number of pyridine rings is 1. The van der Waals surface area contributed by atoms with E-state index in [0.717, 1.165) is 0 Å². The van der Waals surface area contributed by atoms with Gasteiger partial charge in [0.25, 0.3) is 0 Å². The summed E-state index contributed by atoms with van der Waals surface area (Å²) in [6.07, 6.45) is 7.22. The summed E-state index contributed by atoms with van der Waals surface area (Å²) in [5, 5.41) is 0. The van der Waals surface area contributed by atoms with Gasteiger partial charge in [-0.3, -0.25) is 9.88 Å². The second-order valence-corrected chi connectivity index (χ2v) is 5.17. The molecule has 3 rings (SSSR count). The van der Waals surface area contributed by atoms with Crippen LogP contribution in [0.25, 0.3) is 0 Å². The number of piperidine rings is 1. The number of aromatic nitrogens is 1. The van der Waals surface area contributed by atoms with Gasteiger partial charge in [-0.15, -0.1) is 0 Å². The zero-order valence-corrected chi connectivity index (χ0v) is 10.5. The van der Waals surface area contributed by atoms with Gasteiger partial charge < -0.3 is 0 Å². The Morgan fingerprint density at radius 2 is 1.76 bits per heavy atom. The molecule has 1 atom stereocenters. The normalized spacial score (nSPS) is 22.6. The lowest BCUT2D eigenvalue weighted by molar-refractivity contribution is 0.193. The molecule has 1 aliphatic carbocycles. The predicted molar refractivity (Wildman–Crippen MR) is 69.7 cm³/mol. The van der Waals surface area contributed by atoms with Crippen molar-refractivity contribution in [2.45, 2.75) is 38.6 Å². The standard InChI is InChI=1S/C15H20N2/c1-12(15-4-2-3-9-16-15)17-10-7-14(8-11-17)13-5-6-13/h2-4,9,12H,5-8,10-11H2,1H3. The molecule has 0 spiro atoms. The van der Waals surface area contributed by atoms with Gasteiger partial charge in [0, 0.05) is 25.3 Å². The van der Waals surface area contributed by atoms with Crippen molar-refractivity contribution in [3.63, 3.8) is 0 Å². The molecule has 1 aliphatic heterocycles. The molecule has 1 saturated heterocycles. The molecule has 0 aromatic carbocycles. The lowest BCUT2D eigenvalue weighted by Crippen LogP contribution is -2.33. The van der Waals surface area contributed by atoms with E-state index in [0.29, 0.717) is 6.04 Å². The zero-order valence-electron chi connectivity index (χ0n) is 10.5. The molecular weight excluding hydrogens is 208 g/mol. The molecule has 2 fully saturated rings. The first-order valence-electron chi connectivity index (χ1n) is 6.69. The van der Waals surface area contributed by atoms with E-state index in [1.807, 2.05) is 12.3 Å². The maximum absolute atomic E-state index is 4.47. The number of allylic oxidation sites excluding steroid dienone is 1. The highest BCUT2D eigenvalue weighted by Crippen LogP contribution is 2.37. The van der Waals surface area contributed by atoms with Crippen molar-refractivity contribution in [2.24, 2.45) is 0 Å². The molecule has 1 aromatic heterocycles. The Bertz CT molecular complexity index is 406. The summed E-state index contributed by atoms with van der Waals surface area (Å²) >= 11 is 0. The van der Waals surface area contributed by atoms with Crippen molar-refractivity contribution >= 4 is 0 Å². The van der Waals surface area contributed by atoms with Gasteiger partial charge in [-0.1, -0.05) is 17.2 Å². The minimum absolute atomic E-state index is 0.460. The van der Waals surface area contributed by atoms with E-state index < -0.39 is 0 Å². The van der Waals surface area contributed by atoms with E-state index in [1.165, 1.54) is 44.5 Å². The molecular formula is C15H20N2. The third-order valence-electron chi connectivity index (χ3n) is 4.07. The largest absolute Gasteiger partial charge is 0.294 e. The fourth-order valence-electron chi connectivity index (χ4n) is 2.76. The van der Waals surface area contributed by atoms with Gasteiger partial charge in [0.15, 0.2) is 0 Å². The molecule has 2 heteroatoms. The number of likely N-dealkylation sites (tertiary alicyclic amines) is 1. The third kappa shape index (κ3) is 2.42. The predicted octanol–water partition coefficient (Wildman–Crippen LogP) is 3.33. The fraction of sp³-hybridized carbons (Fsp3) is 0.533. The Balaban J connectivity index is 1.64. The third-order valence-corrected chi connectivity index (χ3v) is 4.07. The minimum Gasteiger partial charge on any atom is -0.294 e. The van der Waals surface area contributed by atoms with Gasteiger partial charge >= 0.3 is 0 Å². The van der Waals surface area contributed by atoms with Gasteiger partial charge in [0.05, 0.1) is 5.69 Å². The van der Waals surface area contributed by atoms with Crippen LogP contribution in [0.2, 0.25) is 0 Å². The van der Waals surface area contributed by atoms with E-state index in [4.69, 9.17) is 0 Å². The van der Waals surface area contributed by atoms with Crippen molar-refractivity contribution in [1.82, 2.24) is 9.88 Å². The van der Waals surface area contributed by atoms with Gasteiger partial charge in [-0.25, -0.2) is 0 Å². The van der Waals surface area contributed by atoms with Crippen LogP contribution in [0.4, 0.5) is 0 Å². The number of hydrogen-bond donors (Lipinski definition) is 0. The van der Waals surface area contributed by atoms with Gasteiger partial charge in [0.2, 0.25) is 0 Å². The quantitative estimate of drug-likeness (QED) is 0.722. The Hall–Kier alpha value is -1.15. The van der Waals surface area contributed by atoms with E-state index in [-0.39, 0.29) is 0 Å². The second-order valence-electron chi connectivity index (χ2n) is 5.17. The zero-order chi connectivity index (χ0) is 11.7. The summed E-state index contributed by atoms with van der Waals surface area (Å²) < 4.78 is 0. The van der Waals surface area contributed by atoms with Crippen LogP contribution in [0.1, 0.15) is 44.3 Å². The molecule has 90 valence electrons. The lowest BCUT2D eigenvalue weighted by Gasteiger charge is -2.33. The Kier molecular flexibility index (Phi) is 2.98. The summed E-state index contributed by atoms with van der Waals surface area (Å²) in [7, 11) is 0. The maximum atomic E-state index is 4.47. The van der Waals surface area contributed by atoms with Crippen LogP contribution in [0.5, 0.6) is 0 Å².